The highest BCUT2D eigenvalue weighted by molar-refractivity contribution is 6.07. The molecule has 1 aliphatic heterocycles. The highest BCUT2D eigenvalue weighted by Crippen LogP contribution is 2.42. The molecule has 4 rings (SSSR count). The molecular weight excluding hydrogens is 380 g/mol. The zero-order chi connectivity index (χ0) is 21.3. The number of amides is 3. The van der Waals surface area contributed by atoms with Gasteiger partial charge in [0.05, 0.1) is 19.3 Å². The molecule has 1 saturated heterocycles. The van der Waals surface area contributed by atoms with Gasteiger partial charge >= 0.3 is 6.03 Å². The van der Waals surface area contributed by atoms with Crippen LogP contribution in [-0.2, 0) is 9.53 Å². The van der Waals surface area contributed by atoms with Gasteiger partial charge in [-0.3, -0.25) is 9.69 Å². The smallest absolute Gasteiger partial charge is 0.325 e. The van der Waals surface area contributed by atoms with Crippen LogP contribution in [0.1, 0.15) is 42.6 Å². The predicted octanol–water partition coefficient (Wildman–Crippen LogP) is 3.18. The molecule has 3 atom stereocenters. The summed E-state index contributed by atoms with van der Waals surface area (Å²) in [5, 5.41) is 13.4. The van der Waals surface area contributed by atoms with Crippen LogP contribution in [0.4, 0.5) is 4.79 Å². The van der Waals surface area contributed by atoms with Crippen LogP contribution in [0.25, 0.3) is 0 Å². The lowest BCUT2D eigenvalue weighted by Gasteiger charge is -2.24. The van der Waals surface area contributed by atoms with E-state index in [-0.39, 0.29) is 31.1 Å². The number of hydrogen-bond donors (Lipinski definition) is 2. The molecule has 158 valence electrons. The molecule has 2 N–H and O–H groups in total. The normalized spacial score (nSPS) is 23.4. The Kier molecular flexibility index (Phi) is 5.62. The average Bonchev–Trinajstić information content (AvgIpc) is 3.56. The molecule has 1 aliphatic carbocycles. The number of carbonyl (C=O) groups is 2. The Morgan fingerprint density at radius 1 is 1.13 bits per heavy atom. The summed E-state index contributed by atoms with van der Waals surface area (Å²) in [4.78, 5) is 26.2. The maximum atomic E-state index is 12.8. The lowest BCUT2D eigenvalue weighted by molar-refractivity contribution is -0.132. The van der Waals surface area contributed by atoms with Crippen LogP contribution in [0, 0.1) is 12.8 Å². The van der Waals surface area contributed by atoms with Gasteiger partial charge in [-0.25, -0.2) is 4.79 Å². The van der Waals surface area contributed by atoms with Crippen molar-refractivity contribution in [2.45, 2.75) is 44.4 Å². The molecule has 6 heteroatoms. The molecule has 0 aromatic heterocycles. The highest BCUT2D eigenvalue weighted by atomic mass is 16.5. The molecule has 1 saturated carbocycles. The fraction of sp³-hybridized carbons (Fsp3) is 0.417. The van der Waals surface area contributed by atoms with Crippen LogP contribution in [0.2, 0.25) is 0 Å². The van der Waals surface area contributed by atoms with Crippen molar-refractivity contribution in [2.24, 2.45) is 5.92 Å². The molecule has 2 aromatic rings. The van der Waals surface area contributed by atoms with Crippen molar-refractivity contribution in [1.29, 1.82) is 0 Å². The Bertz CT molecular complexity index is 928. The molecule has 2 aromatic carbocycles. The van der Waals surface area contributed by atoms with E-state index < -0.39 is 17.7 Å². The molecule has 0 radical (unpaired) electrons. The minimum atomic E-state index is -0.975. The van der Waals surface area contributed by atoms with E-state index in [1.165, 1.54) is 0 Å². The van der Waals surface area contributed by atoms with Gasteiger partial charge in [0.1, 0.15) is 11.6 Å². The minimum absolute atomic E-state index is 0.00506. The lowest BCUT2D eigenvalue weighted by Crippen LogP contribution is -2.46. The standard InChI is InChI=1S/C24H28N2O4/c1-16-8-6-7-11-20(16)21(17-9-4-3-5-10-17)30-15-19(27)14-26-22(28)24(2,18-12-13-18)25-23(26)29/h3-11,18-19,21,27H,12-15H2,1-2H3,(H,25,29)/t19-,21-,24+/m1/s1. The predicted molar refractivity (Wildman–Crippen MR) is 113 cm³/mol. The van der Waals surface area contributed by atoms with Crippen molar-refractivity contribution < 1.29 is 19.4 Å². The minimum Gasteiger partial charge on any atom is -0.389 e. The number of nitrogens with one attached hydrogen (secondary N) is 1. The number of aliphatic hydroxyl groups excluding tert-OH is 1. The van der Waals surface area contributed by atoms with E-state index in [0.29, 0.717) is 0 Å². The first kappa shape index (κ1) is 20.6. The summed E-state index contributed by atoms with van der Waals surface area (Å²) in [6.07, 6.45) is 0.562. The van der Waals surface area contributed by atoms with Crippen LogP contribution >= 0.6 is 0 Å². The first-order valence-corrected chi connectivity index (χ1v) is 10.4. The molecule has 2 aliphatic rings. The Labute approximate surface area is 176 Å². The van der Waals surface area contributed by atoms with Crippen LogP contribution in [0.3, 0.4) is 0 Å². The number of hydrogen-bond acceptors (Lipinski definition) is 4. The number of aryl methyl sites for hydroxylation is 1. The number of benzene rings is 2. The third-order valence-corrected chi connectivity index (χ3v) is 6.12. The molecule has 30 heavy (non-hydrogen) atoms. The first-order chi connectivity index (χ1) is 14.4. The molecule has 0 spiro atoms. The van der Waals surface area contributed by atoms with Crippen LogP contribution in [0.15, 0.2) is 54.6 Å². The third kappa shape index (κ3) is 3.98. The number of carbonyl (C=O) groups excluding carboxylic acids is 2. The van der Waals surface area contributed by atoms with E-state index >= 15 is 0 Å². The van der Waals surface area contributed by atoms with E-state index in [4.69, 9.17) is 4.74 Å². The fourth-order valence-corrected chi connectivity index (χ4v) is 4.16. The Balaban J connectivity index is 1.44. The van der Waals surface area contributed by atoms with Crippen LogP contribution < -0.4 is 5.32 Å². The summed E-state index contributed by atoms with van der Waals surface area (Å²) in [6.45, 7) is 3.72. The van der Waals surface area contributed by atoms with Crippen LogP contribution in [0.5, 0.6) is 0 Å². The fourth-order valence-electron chi connectivity index (χ4n) is 4.16. The van der Waals surface area contributed by atoms with Gasteiger partial charge in [-0.15, -0.1) is 0 Å². The number of nitrogens with zero attached hydrogens (tertiary/aromatic N) is 1. The number of urea groups is 1. The van der Waals surface area contributed by atoms with E-state index in [9.17, 15) is 14.7 Å². The second-order valence-electron chi connectivity index (χ2n) is 8.46. The summed E-state index contributed by atoms with van der Waals surface area (Å²) < 4.78 is 6.13. The van der Waals surface area contributed by atoms with E-state index in [2.05, 4.69) is 5.32 Å². The molecule has 6 nitrogen and oxygen atoms in total. The lowest BCUT2D eigenvalue weighted by atomic mass is 9.96. The Morgan fingerprint density at radius 3 is 2.47 bits per heavy atom. The van der Waals surface area contributed by atoms with Crippen LogP contribution in [-0.4, -0.2) is 46.7 Å². The maximum Gasteiger partial charge on any atom is 0.325 e. The summed E-state index contributed by atoms with van der Waals surface area (Å²) in [6, 6.07) is 17.4. The van der Waals surface area contributed by atoms with Crippen molar-refractivity contribution >= 4 is 11.9 Å². The molecule has 0 unspecified atom stereocenters. The molecule has 1 heterocycles. The van der Waals surface area contributed by atoms with Gasteiger partial charge in [0.15, 0.2) is 0 Å². The molecular formula is C24H28N2O4. The summed E-state index contributed by atoms with van der Waals surface area (Å²) in [7, 11) is 0. The quantitative estimate of drug-likeness (QED) is 0.658. The van der Waals surface area contributed by atoms with Crippen molar-refractivity contribution in [2.75, 3.05) is 13.2 Å². The number of imide groups is 1. The van der Waals surface area contributed by atoms with Gasteiger partial charge in [0, 0.05) is 0 Å². The number of β-amino-alcohol motifs (C(OH)–C–C–N with tert-alkyl or cyclic N) is 1. The first-order valence-electron chi connectivity index (χ1n) is 10.4. The molecule has 0 bridgehead atoms. The zero-order valence-corrected chi connectivity index (χ0v) is 17.4. The van der Waals surface area contributed by atoms with Crippen molar-refractivity contribution in [3.05, 3.63) is 71.3 Å². The largest absolute Gasteiger partial charge is 0.389 e. The van der Waals surface area contributed by atoms with Gasteiger partial charge in [-0.2, -0.15) is 0 Å². The average molecular weight is 408 g/mol. The SMILES string of the molecule is Cc1ccccc1[C@H](OC[C@H](O)CN1C(=O)N[C@@](C)(C2CC2)C1=O)c1ccccc1. The van der Waals surface area contributed by atoms with E-state index in [1.54, 1.807) is 6.92 Å². The highest BCUT2D eigenvalue weighted by Gasteiger charge is 2.56. The summed E-state index contributed by atoms with van der Waals surface area (Å²) in [5.74, 6) is -0.0663. The van der Waals surface area contributed by atoms with Gasteiger partial charge < -0.3 is 15.2 Å². The zero-order valence-electron chi connectivity index (χ0n) is 17.4. The van der Waals surface area contributed by atoms with Crippen molar-refractivity contribution in [3.63, 3.8) is 0 Å². The monoisotopic (exact) mass is 408 g/mol. The molecule has 2 fully saturated rings. The number of rotatable bonds is 8. The van der Waals surface area contributed by atoms with E-state index in [1.807, 2.05) is 61.5 Å². The second kappa shape index (κ2) is 8.20. The Hall–Kier alpha value is -2.70. The maximum absolute atomic E-state index is 12.8. The van der Waals surface area contributed by atoms with Crippen molar-refractivity contribution in [3.8, 4) is 0 Å². The Morgan fingerprint density at radius 2 is 1.80 bits per heavy atom. The van der Waals surface area contributed by atoms with Gasteiger partial charge in [-0.1, -0.05) is 54.6 Å². The van der Waals surface area contributed by atoms with Gasteiger partial charge in [0.2, 0.25) is 0 Å². The summed E-state index contributed by atoms with van der Waals surface area (Å²) in [5.41, 5.74) is 2.25. The van der Waals surface area contributed by atoms with Gasteiger partial charge in [0.25, 0.3) is 5.91 Å². The number of ether oxygens (including phenoxy) is 1. The molecule has 3 amide bonds. The van der Waals surface area contributed by atoms with Gasteiger partial charge in [-0.05, 0) is 49.3 Å². The van der Waals surface area contributed by atoms with E-state index in [0.717, 1.165) is 34.4 Å². The van der Waals surface area contributed by atoms with Crippen molar-refractivity contribution in [1.82, 2.24) is 10.2 Å². The summed E-state index contributed by atoms with van der Waals surface area (Å²) >= 11 is 0. The third-order valence-electron chi connectivity index (χ3n) is 6.12. The second-order valence-corrected chi connectivity index (χ2v) is 8.46. The topological polar surface area (TPSA) is 78.9 Å². The number of aliphatic hydroxyl groups is 1.